The molecule has 0 bridgehead atoms. The monoisotopic (exact) mass is 454 g/mol. The number of nitrogens with one attached hydrogen (secondary N) is 1. The lowest BCUT2D eigenvalue weighted by Crippen LogP contribution is -2.17. The second kappa shape index (κ2) is 9.88. The fourth-order valence-electron chi connectivity index (χ4n) is 3.64. The van der Waals surface area contributed by atoms with Crippen molar-refractivity contribution in [3.05, 3.63) is 88.3 Å². The van der Waals surface area contributed by atoms with Crippen LogP contribution in [0.3, 0.4) is 0 Å². The summed E-state index contributed by atoms with van der Waals surface area (Å²) in [6.07, 6.45) is 0. The summed E-state index contributed by atoms with van der Waals surface area (Å²) in [5, 5.41) is 13.0. The van der Waals surface area contributed by atoms with E-state index in [1.807, 2.05) is 60.7 Å². The number of H-pyrrole nitrogens is 1. The van der Waals surface area contributed by atoms with Crippen LogP contribution in [-0.2, 0) is 9.53 Å². The van der Waals surface area contributed by atoms with E-state index in [2.05, 4.69) is 16.2 Å². The minimum Gasteiger partial charge on any atom is -0.465 e. The minimum atomic E-state index is -0.580. The Hall–Kier alpha value is -4.64. The molecule has 4 rings (SSSR count). The van der Waals surface area contributed by atoms with Gasteiger partial charge in [-0.05, 0) is 37.6 Å². The number of aryl methyl sites for hydroxylation is 1. The number of aromatic amines is 1. The van der Waals surface area contributed by atoms with Crippen LogP contribution in [-0.4, -0.2) is 33.9 Å². The van der Waals surface area contributed by atoms with Gasteiger partial charge < -0.3 is 9.47 Å². The highest BCUT2D eigenvalue weighted by Crippen LogP contribution is 2.33. The van der Waals surface area contributed by atoms with Crippen molar-refractivity contribution in [2.45, 2.75) is 13.8 Å². The number of hydrogen-bond acceptors (Lipinski definition) is 6. The van der Waals surface area contributed by atoms with Gasteiger partial charge in [0.25, 0.3) is 5.56 Å². The molecule has 0 unspecified atom stereocenters. The van der Waals surface area contributed by atoms with Crippen LogP contribution >= 0.6 is 0 Å². The Morgan fingerprint density at radius 1 is 1.12 bits per heavy atom. The lowest BCUT2D eigenvalue weighted by Gasteiger charge is -2.12. The molecule has 0 fully saturated rings. The molecule has 0 atom stereocenters. The quantitative estimate of drug-likeness (QED) is 0.423. The zero-order valence-corrected chi connectivity index (χ0v) is 18.7. The second-order valence-corrected chi connectivity index (χ2v) is 7.39. The molecule has 0 spiro atoms. The van der Waals surface area contributed by atoms with Crippen LogP contribution in [0.25, 0.3) is 28.1 Å². The van der Waals surface area contributed by atoms with Crippen LogP contribution in [0, 0.1) is 18.3 Å². The largest absolute Gasteiger partial charge is 0.465 e. The summed E-state index contributed by atoms with van der Waals surface area (Å²) in [5.41, 5.74) is 3.10. The van der Waals surface area contributed by atoms with E-state index in [0.29, 0.717) is 28.2 Å². The second-order valence-electron chi connectivity index (χ2n) is 7.39. The van der Waals surface area contributed by atoms with Gasteiger partial charge in [-0.1, -0.05) is 48.5 Å². The Bertz CT molecular complexity index is 1420. The van der Waals surface area contributed by atoms with Crippen molar-refractivity contribution in [1.82, 2.24) is 14.8 Å². The van der Waals surface area contributed by atoms with E-state index in [1.165, 1.54) is 4.68 Å². The summed E-state index contributed by atoms with van der Waals surface area (Å²) in [6.45, 7) is 3.26. The third kappa shape index (κ3) is 4.45. The topological polar surface area (TPSA) is 110 Å². The number of esters is 1. The van der Waals surface area contributed by atoms with Crippen molar-refractivity contribution in [1.29, 1.82) is 5.26 Å². The van der Waals surface area contributed by atoms with Crippen LogP contribution in [0.4, 0.5) is 0 Å². The van der Waals surface area contributed by atoms with E-state index in [9.17, 15) is 14.9 Å². The number of ether oxygens (including phenoxy) is 2. The number of nitriles is 1. The van der Waals surface area contributed by atoms with Crippen molar-refractivity contribution in [3.63, 3.8) is 0 Å². The molecule has 0 amide bonds. The molecular formula is C26H22N4O4. The Morgan fingerprint density at radius 2 is 1.79 bits per heavy atom. The van der Waals surface area contributed by atoms with Gasteiger partial charge in [-0.25, -0.2) is 14.5 Å². The maximum Gasteiger partial charge on any atom is 0.344 e. The zero-order chi connectivity index (χ0) is 24.1. The zero-order valence-electron chi connectivity index (χ0n) is 18.7. The fraction of sp³-hybridized carbons (Fsp3) is 0.154. The van der Waals surface area contributed by atoms with Gasteiger partial charge in [0.1, 0.15) is 11.6 Å². The van der Waals surface area contributed by atoms with Crippen LogP contribution in [0.15, 0.2) is 71.5 Å². The molecular weight excluding hydrogens is 432 g/mol. The molecule has 170 valence electrons. The van der Waals surface area contributed by atoms with Gasteiger partial charge in [0, 0.05) is 11.3 Å². The number of benzene rings is 2. The van der Waals surface area contributed by atoms with Crippen LogP contribution in [0.1, 0.15) is 18.2 Å². The van der Waals surface area contributed by atoms with E-state index < -0.39 is 12.6 Å². The fourth-order valence-corrected chi connectivity index (χ4v) is 3.64. The maximum atomic E-state index is 13.4. The van der Waals surface area contributed by atoms with Crippen molar-refractivity contribution >= 4 is 5.97 Å². The average molecular weight is 454 g/mol. The van der Waals surface area contributed by atoms with Crippen molar-refractivity contribution in [2.24, 2.45) is 0 Å². The lowest BCUT2D eigenvalue weighted by atomic mass is 9.99. The SMILES string of the molecule is CCOC(=O)COc1nc(-c2c(C)[nH]n(-c3ccccc3)c2=O)cc(-c2ccccc2)c1C#N. The van der Waals surface area contributed by atoms with Gasteiger partial charge in [-0.2, -0.15) is 5.26 Å². The van der Waals surface area contributed by atoms with Gasteiger partial charge in [-0.3, -0.25) is 9.89 Å². The molecule has 2 heterocycles. The highest BCUT2D eigenvalue weighted by atomic mass is 16.6. The van der Waals surface area contributed by atoms with Gasteiger partial charge in [-0.15, -0.1) is 0 Å². The first-order chi connectivity index (χ1) is 16.5. The predicted molar refractivity (Wildman–Crippen MR) is 127 cm³/mol. The Kier molecular flexibility index (Phi) is 6.55. The van der Waals surface area contributed by atoms with Crippen molar-refractivity contribution in [2.75, 3.05) is 13.2 Å². The Balaban J connectivity index is 1.89. The predicted octanol–water partition coefficient (Wildman–Crippen LogP) is 4.02. The number of hydrogen-bond donors (Lipinski definition) is 1. The smallest absolute Gasteiger partial charge is 0.344 e. The summed E-state index contributed by atoms with van der Waals surface area (Å²) in [6, 6.07) is 22.3. The van der Waals surface area contributed by atoms with E-state index in [-0.39, 0.29) is 23.6 Å². The highest BCUT2D eigenvalue weighted by Gasteiger charge is 2.22. The normalized spacial score (nSPS) is 10.5. The minimum absolute atomic E-state index is 0.0434. The van der Waals surface area contributed by atoms with Crippen LogP contribution in [0.5, 0.6) is 5.88 Å². The molecule has 0 saturated heterocycles. The molecule has 0 aliphatic rings. The highest BCUT2D eigenvalue weighted by molar-refractivity contribution is 5.78. The third-order valence-electron chi connectivity index (χ3n) is 5.16. The lowest BCUT2D eigenvalue weighted by molar-refractivity contribution is -0.145. The summed E-state index contributed by atoms with van der Waals surface area (Å²) < 4.78 is 12.0. The van der Waals surface area contributed by atoms with Gasteiger partial charge in [0.2, 0.25) is 5.88 Å². The molecule has 0 aliphatic carbocycles. The first-order valence-electron chi connectivity index (χ1n) is 10.7. The Labute approximate surface area is 196 Å². The summed E-state index contributed by atoms with van der Waals surface area (Å²) in [5.74, 6) is -0.623. The molecule has 0 saturated carbocycles. The first kappa shape index (κ1) is 22.6. The number of carbonyl (C=O) groups is 1. The van der Waals surface area contributed by atoms with Crippen LogP contribution in [0.2, 0.25) is 0 Å². The number of aromatic nitrogens is 3. The summed E-state index contributed by atoms with van der Waals surface area (Å²) >= 11 is 0. The number of carbonyl (C=O) groups excluding carboxylic acids is 1. The van der Waals surface area contributed by atoms with E-state index in [1.54, 1.807) is 19.9 Å². The standard InChI is InChI=1S/C26H22N4O4/c1-3-33-23(31)16-34-25-21(15-27)20(18-10-6-4-7-11-18)14-22(28-25)24-17(2)29-30(26(24)32)19-12-8-5-9-13-19/h4-14,29H,3,16H2,1-2H3. The molecule has 4 aromatic rings. The maximum absolute atomic E-state index is 13.4. The molecule has 8 nitrogen and oxygen atoms in total. The number of nitrogens with zero attached hydrogens (tertiary/aromatic N) is 3. The summed E-state index contributed by atoms with van der Waals surface area (Å²) in [7, 11) is 0. The number of para-hydroxylation sites is 1. The number of pyridine rings is 1. The molecule has 0 aliphatic heterocycles. The molecule has 2 aromatic carbocycles. The number of rotatable bonds is 7. The van der Waals surface area contributed by atoms with E-state index in [0.717, 1.165) is 5.56 Å². The molecule has 0 radical (unpaired) electrons. The molecule has 34 heavy (non-hydrogen) atoms. The molecule has 1 N–H and O–H groups in total. The third-order valence-corrected chi connectivity index (χ3v) is 5.16. The van der Waals surface area contributed by atoms with Crippen molar-refractivity contribution < 1.29 is 14.3 Å². The van der Waals surface area contributed by atoms with E-state index in [4.69, 9.17) is 9.47 Å². The molecule has 8 heteroatoms. The summed E-state index contributed by atoms with van der Waals surface area (Å²) in [4.78, 5) is 29.7. The van der Waals surface area contributed by atoms with Gasteiger partial charge in [0.15, 0.2) is 6.61 Å². The van der Waals surface area contributed by atoms with Gasteiger partial charge >= 0.3 is 5.97 Å². The first-order valence-corrected chi connectivity index (χ1v) is 10.7. The average Bonchev–Trinajstić information content (AvgIpc) is 3.17. The Morgan fingerprint density at radius 3 is 2.44 bits per heavy atom. The molecule has 2 aromatic heterocycles. The van der Waals surface area contributed by atoms with Gasteiger partial charge in [0.05, 0.1) is 23.6 Å². The van der Waals surface area contributed by atoms with E-state index >= 15 is 0 Å². The van der Waals surface area contributed by atoms with Crippen LogP contribution < -0.4 is 10.3 Å². The van der Waals surface area contributed by atoms with Crippen molar-refractivity contribution in [3.8, 4) is 40.0 Å².